The molecule has 1 aromatic rings. The van der Waals surface area contributed by atoms with Crippen LogP contribution in [0.15, 0.2) is 21.7 Å². The average Bonchev–Trinajstić information content (AvgIpc) is 1.96. The van der Waals surface area contributed by atoms with E-state index in [0.29, 0.717) is 10.2 Å². The maximum Gasteiger partial charge on any atom is 0.237 e. The number of aryl methyl sites for hydroxylation is 1. The molecule has 1 aromatic heterocycles. The summed E-state index contributed by atoms with van der Waals surface area (Å²) >= 11 is 3.12. The van der Waals surface area contributed by atoms with E-state index >= 15 is 0 Å². The predicted octanol–water partition coefficient (Wildman–Crippen LogP) is 1.16. The van der Waals surface area contributed by atoms with Crippen LogP contribution in [0.25, 0.3) is 0 Å². The zero-order valence-electron chi connectivity index (χ0n) is 6.30. The number of pyridine rings is 1. The summed E-state index contributed by atoms with van der Waals surface area (Å²) in [6.45, 7) is 0. The van der Waals surface area contributed by atoms with Gasteiger partial charge in [-0.2, -0.15) is 0 Å². The van der Waals surface area contributed by atoms with E-state index in [-0.39, 0.29) is 5.43 Å². The third-order valence-electron chi connectivity index (χ3n) is 1.30. The fourth-order valence-electron chi connectivity index (χ4n) is 0.781. The van der Waals surface area contributed by atoms with Gasteiger partial charge >= 0.3 is 0 Å². The fraction of sp³-hybridized carbons (Fsp3) is 0.286. The number of methoxy groups -OCH3 is 1. The molecule has 0 saturated heterocycles. The van der Waals surface area contributed by atoms with Crippen molar-refractivity contribution in [3.05, 3.63) is 27.1 Å². The van der Waals surface area contributed by atoms with E-state index in [0.717, 1.165) is 0 Å². The molecular formula is C7H8BrNO2. The molecule has 0 aromatic carbocycles. The van der Waals surface area contributed by atoms with Gasteiger partial charge in [0, 0.05) is 19.4 Å². The van der Waals surface area contributed by atoms with Crippen LogP contribution in [0.1, 0.15) is 0 Å². The number of nitrogens with zero attached hydrogens (tertiary/aromatic N) is 1. The summed E-state index contributed by atoms with van der Waals surface area (Å²) in [5, 5.41) is 0. The Balaban J connectivity index is 3.37. The highest BCUT2D eigenvalue weighted by atomic mass is 79.9. The van der Waals surface area contributed by atoms with Gasteiger partial charge in [0.05, 0.1) is 11.6 Å². The second-order valence-corrected chi connectivity index (χ2v) is 3.02. The minimum atomic E-state index is -0.120. The van der Waals surface area contributed by atoms with Crippen molar-refractivity contribution in [2.45, 2.75) is 0 Å². The Bertz CT molecular complexity index is 319. The second kappa shape index (κ2) is 3.09. The van der Waals surface area contributed by atoms with E-state index in [1.807, 2.05) is 7.05 Å². The van der Waals surface area contributed by atoms with Crippen LogP contribution in [0.2, 0.25) is 0 Å². The van der Waals surface area contributed by atoms with Gasteiger partial charge in [-0.15, -0.1) is 0 Å². The minimum Gasteiger partial charge on any atom is -0.491 e. The standard InChI is InChI=1S/C7H8BrNO2/c1-9-3-5(8)7(10)6(4-9)11-2/h3-4H,1-2H3. The third kappa shape index (κ3) is 1.63. The minimum absolute atomic E-state index is 0.120. The molecule has 0 N–H and O–H groups in total. The van der Waals surface area contributed by atoms with Crippen molar-refractivity contribution < 1.29 is 4.74 Å². The van der Waals surface area contributed by atoms with Crippen LogP contribution in [-0.4, -0.2) is 11.7 Å². The highest BCUT2D eigenvalue weighted by Gasteiger charge is 2.02. The molecule has 3 nitrogen and oxygen atoms in total. The van der Waals surface area contributed by atoms with Gasteiger partial charge in [0.15, 0.2) is 5.75 Å². The lowest BCUT2D eigenvalue weighted by Gasteiger charge is -2.02. The van der Waals surface area contributed by atoms with Crippen molar-refractivity contribution >= 4 is 15.9 Å². The van der Waals surface area contributed by atoms with Crippen LogP contribution in [0.5, 0.6) is 5.75 Å². The summed E-state index contributed by atoms with van der Waals surface area (Å²) in [7, 11) is 3.30. The number of aromatic nitrogens is 1. The van der Waals surface area contributed by atoms with Crippen LogP contribution in [0.3, 0.4) is 0 Å². The number of hydrogen-bond acceptors (Lipinski definition) is 2. The highest BCUT2D eigenvalue weighted by molar-refractivity contribution is 9.10. The number of rotatable bonds is 1. The first kappa shape index (κ1) is 8.33. The first-order valence-corrected chi connectivity index (χ1v) is 3.84. The van der Waals surface area contributed by atoms with E-state index in [1.165, 1.54) is 7.11 Å². The van der Waals surface area contributed by atoms with Crippen LogP contribution >= 0.6 is 15.9 Å². The third-order valence-corrected chi connectivity index (χ3v) is 1.86. The molecule has 0 aliphatic rings. The summed E-state index contributed by atoms with van der Waals surface area (Å²) in [6, 6.07) is 0. The lowest BCUT2D eigenvalue weighted by molar-refractivity contribution is 0.406. The predicted molar refractivity (Wildman–Crippen MR) is 45.9 cm³/mol. The summed E-state index contributed by atoms with van der Waals surface area (Å²) in [5.74, 6) is 0.349. The van der Waals surface area contributed by atoms with Crippen LogP contribution in [0.4, 0.5) is 0 Å². The monoisotopic (exact) mass is 217 g/mol. The van der Waals surface area contributed by atoms with Crippen molar-refractivity contribution in [2.75, 3.05) is 7.11 Å². The number of ether oxygens (including phenoxy) is 1. The van der Waals surface area contributed by atoms with Crippen LogP contribution < -0.4 is 10.2 Å². The number of hydrogen-bond donors (Lipinski definition) is 0. The van der Waals surface area contributed by atoms with E-state index < -0.39 is 0 Å². The maximum absolute atomic E-state index is 11.2. The van der Waals surface area contributed by atoms with Crippen LogP contribution in [-0.2, 0) is 7.05 Å². The average molecular weight is 218 g/mol. The van der Waals surface area contributed by atoms with Gasteiger partial charge < -0.3 is 9.30 Å². The van der Waals surface area contributed by atoms with Gasteiger partial charge in [-0.3, -0.25) is 4.79 Å². The molecule has 0 atom stereocenters. The smallest absolute Gasteiger partial charge is 0.237 e. The Morgan fingerprint density at radius 2 is 2.18 bits per heavy atom. The molecule has 0 unspecified atom stereocenters. The molecule has 0 fully saturated rings. The quantitative estimate of drug-likeness (QED) is 0.708. The van der Waals surface area contributed by atoms with Crippen molar-refractivity contribution in [1.29, 1.82) is 0 Å². The van der Waals surface area contributed by atoms with Crippen molar-refractivity contribution in [3.63, 3.8) is 0 Å². The molecule has 0 spiro atoms. The highest BCUT2D eigenvalue weighted by Crippen LogP contribution is 2.08. The van der Waals surface area contributed by atoms with Crippen LogP contribution in [0, 0.1) is 0 Å². The SMILES string of the molecule is COc1cn(C)cc(Br)c1=O. The molecule has 1 rings (SSSR count). The molecule has 0 amide bonds. The molecule has 60 valence electrons. The first-order chi connectivity index (χ1) is 5.15. The van der Waals surface area contributed by atoms with Gasteiger partial charge in [0.2, 0.25) is 5.43 Å². The van der Waals surface area contributed by atoms with E-state index in [2.05, 4.69) is 15.9 Å². The summed E-state index contributed by atoms with van der Waals surface area (Å²) in [6.07, 6.45) is 3.32. The van der Waals surface area contributed by atoms with Crippen molar-refractivity contribution in [3.8, 4) is 5.75 Å². The van der Waals surface area contributed by atoms with Gasteiger partial charge in [0.25, 0.3) is 0 Å². The molecule has 0 bridgehead atoms. The fourth-order valence-corrected chi connectivity index (χ4v) is 1.30. The Morgan fingerprint density at radius 1 is 1.55 bits per heavy atom. The van der Waals surface area contributed by atoms with E-state index in [1.54, 1.807) is 17.0 Å². The summed E-state index contributed by atoms with van der Waals surface area (Å²) in [5.41, 5.74) is -0.120. The Hall–Kier alpha value is -0.770. The molecule has 0 saturated carbocycles. The molecule has 0 radical (unpaired) electrons. The van der Waals surface area contributed by atoms with Gasteiger partial charge in [-0.1, -0.05) is 0 Å². The molecule has 4 heteroatoms. The van der Waals surface area contributed by atoms with Gasteiger partial charge in [0.1, 0.15) is 0 Å². The molecular weight excluding hydrogens is 210 g/mol. The van der Waals surface area contributed by atoms with Crippen molar-refractivity contribution in [2.24, 2.45) is 7.05 Å². The molecule has 11 heavy (non-hydrogen) atoms. The lowest BCUT2D eigenvalue weighted by Crippen LogP contribution is -2.09. The molecule has 0 aliphatic carbocycles. The zero-order valence-corrected chi connectivity index (χ0v) is 7.88. The summed E-state index contributed by atoms with van der Waals surface area (Å²) in [4.78, 5) is 11.2. The molecule has 1 heterocycles. The first-order valence-electron chi connectivity index (χ1n) is 3.05. The van der Waals surface area contributed by atoms with Gasteiger partial charge in [-0.25, -0.2) is 0 Å². The molecule has 0 aliphatic heterocycles. The zero-order chi connectivity index (χ0) is 8.43. The largest absolute Gasteiger partial charge is 0.491 e. The number of halogens is 1. The summed E-state index contributed by atoms with van der Waals surface area (Å²) < 4.78 is 7.11. The van der Waals surface area contributed by atoms with Crippen molar-refractivity contribution in [1.82, 2.24) is 4.57 Å². The van der Waals surface area contributed by atoms with E-state index in [9.17, 15) is 4.79 Å². The maximum atomic E-state index is 11.2. The van der Waals surface area contributed by atoms with E-state index in [4.69, 9.17) is 4.74 Å². The second-order valence-electron chi connectivity index (χ2n) is 2.17. The Kier molecular flexibility index (Phi) is 2.34. The Morgan fingerprint density at radius 3 is 2.73 bits per heavy atom. The normalized spacial score (nSPS) is 9.73. The Labute approximate surface area is 72.7 Å². The topological polar surface area (TPSA) is 31.2 Å². The van der Waals surface area contributed by atoms with Gasteiger partial charge in [-0.05, 0) is 15.9 Å². The lowest BCUT2D eigenvalue weighted by atomic mass is 10.4.